The summed E-state index contributed by atoms with van der Waals surface area (Å²) in [5, 5.41) is 13.9. The van der Waals surface area contributed by atoms with Gasteiger partial charge in [-0.1, -0.05) is 12.1 Å². The number of nitrogens with one attached hydrogen (secondary N) is 1. The lowest BCUT2D eigenvalue weighted by molar-refractivity contribution is -0.671. The van der Waals surface area contributed by atoms with Gasteiger partial charge in [0.15, 0.2) is 0 Å². The van der Waals surface area contributed by atoms with Crippen LogP contribution in [-0.2, 0) is 13.6 Å². The maximum Gasteiger partial charge on any atom is 0.292 e. The zero-order valence-electron chi connectivity index (χ0n) is 10.8. The number of rotatable bonds is 6. The van der Waals surface area contributed by atoms with E-state index in [4.69, 9.17) is 0 Å². The van der Waals surface area contributed by atoms with Gasteiger partial charge in [-0.15, -0.1) is 0 Å². The first-order chi connectivity index (χ1) is 9.16. The monoisotopic (exact) mass is 261 g/mol. The molecule has 2 aromatic rings. The van der Waals surface area contributed by atoms with Gasteiger partial charge in [-0.05, 0) is 6.07 Å². The predicted molar refractivity (Wildman–Crippen MR) is 71.8 cm³/mol. The van der Waals surface area contributed by atoms with Crippen LogP contribution in [0, 0.1) is 10.1 Å². The molecule has 1 heterocycles. The Kier molecular flexibility index (Phi) is 4.12. The highest BCUT2D eigenvalue weighted by Gasteiger charge is 2.11. The molecule has 0 radical (unpaired) electrons. The maximum absolute atomic E-state index is 10.8. The Morgan fingerprint density at radius 3 is 2.89 bits per heavy atom. The smallest absolute Gasteiger partial charge is 0.292 e. The molecule has 1 N–H and O–H groups in total. The van der Waals surface area contributed by atoms with E-state index in [1.807, 2.05) is 30.3 Å². The van der Waals surface area contributed by atoms with Crippen molar-refractivity contribution in [3.63, 3.8) is 0 Å². The lowest BCUT2D eigenvalue weighted by Crippen LogP contribution is -2.23. The quantitative estimate of drug-likeness (QED) is 0.373. The summed E-state index contributed by atoms with van der Waals surface area (Å²) >= 11 is 0. The summed E-state index contributed by atoms with van der Waals surface area (Å²) < 4.78 is 4.07. The van der Waals surface area contributed by atoms with E-state index in [1.165, 1.54) is 6.07 Å². The van der Waals surface area contributed by atoms with Crippen LogP contribution < -0.4 is 9.88 Å². The first kappa shape index (κ1) is 13.1. The Morgan fingerprint density at radius 2 is 2.21 bits per heavy atom. The highest BCUT2D eigenvalue weighted by molar-refractivity contribution is 5.60. The van der Waals surface area contributed by atoms with Crippen LogP contribution in [0.3, 0.4) is 0 Å². The van der Waals surface area contributed by atoms with Gasteiger partial charge in [-0.2, -0.15) is 0 Å². The summed E-state index contributed by atoms with van der Waals surface area (Å²) in [6.45, 7) is 1.58. The first-order valence-corrected chi connectivity index (χ1v) is 6.15. The second kappa shape index (κ2) is 5.99. The second-order valence-electron chi connectivity index (χ2n) is 4.37. The largest absolute Gasteiger partial charge is 0.379 e. The minimum absolute atomic E-state index is 0.120. The number of aromatic nitrogens is 2. The molecule has 1 aromatic heterocycles. The van der Waals surface area contributed by atoms with E-state index in [0.29, 0.717) is 12.2 Å². The highest BCUT2D eigenvalue weighted by Crippen LogP contribution is 2.22. The lowest BCUT2D eigenvalue weighted by Gasteiger charge is -2.05. The number of hydrogen-bond acceptors (Lipinski definition) is 3. The first-order valence-electron chi connectivity index (χ1n) is 6.15. The van der Waals surface area contributed by atoms with Crippen molar-refractivity contribution in [2.45, 2.75) is 13.0 Å². The third-order valence-electron chi connectivity index (χ3n) is 2.83. The van der Waals surface area contributed by atoms with Crippen LogP contribution in [0.5, 0.6) is 0 Å². The highest BCUT2D eigenvalue weighted by atomic mass is 16.6. The number of nitro groups is 1. The van der Waals surface area contributed by atoms with Crippen LogP contribution in [0.2, 0.25) is 0 Å². The summed E-state index contributed by atoms with van der Waals surface area (Å²) in [7, 11) is 1.97. The van der Waals surface area contributed by atoms with Gasteiger partial charge in [0.25, 0.3) is 5.69 Å². The number of benzene rings is 1. The van der Waals surface area contributed by atoms with Gasteiger partial charge in [-0.3, -0.25) is 10.1 Å². The minimum Gasteiger partial charge on any atom is -0.379 e. The zero-order valence-corrected chi connectivity index (χ0v) is 10.8. The van der Waals surface area contributed by atoms with Crippen molar-refractivity contribution in [1.29, 1.82) is 0 Å². The number of imidazole rings is 1. The molecule has 0 aliphatic heterocycles. The molecule has 0 unspecified atom stereocenters. The third kappa shape index (κ3) is 3.54. The summed E-state index contributed by atoms with van der Waals surface area (Å²) in [6.07, 6.45) is 6.89. The van der Waals surface area contributed by atoms with E-state index >= 15 is 0 Å². The van der Waals surface area contributed by atoms with Crippen molar-refractivity contribution >= 4 is 11.4 Å². The molecule has 0 aliphatic carbocycles. The summed E-state index contributed by atoms with van der Waals surface area (Å²) in [5.74, 6) is 0. The van der Waals surface area contributed by atoms with Gasteiger partial charge in [0.2, 0.25) is 6.33 Å². The van der Waals surface area contributed by atoms with Gasteiger partial charge < -0.3 is 5.32 Å². The maximum atomic E-state index is 10.8. The fraction of sp³-hybridized carbons (Fsp3) is 0.308. The lowest BCUT2D eigenvalue weighted by atomic mass is 10.2. The van der Waals surface area contributed by atoms with Crippen LogP contribution in [0.25, 0.3) is 0 Å². The topological polar surface area (TPSA) is 64.0 Å². The standard InChI is InChI=1S/C13H17N4O2/c1-15-9-10-16(11-15)8-4-7-14-12-5-2-3-6-13(12)17(18)19/h2-3,5-6,9-11,14H,4,7-8H2,1H3/q+1. The number of nitro benzene ring substituents is 1. The molecule has 0 aliphatic rings. The number of aryl methyl sites for hydroxylation is 2. The number of nitrogens with zero attached hydrogens (tertiary/aromatic N) is 3. The van der Waals surface area contributed by atoms with E-state index < -0.39 is 0 Å². The summed E-state index contributed by atoms with van der Waals surface area (Å²) in [6, 6.07) is 6.70. The second-order valence-corrected chi connectivity index (χ2v) is 4.37. The summed E-state index contributed by atoms with van der Waals surface area (Å²) in [4.78, 5) is 10.5. The van der Waals surface area contributed by atoms with Crippen molar-refractivity contribution in [2.75, 3.05) is 11.9 Å². The average molecular weight is 261 g/mol. The molecular weight excluding hydrogens is 244 g/mol. The van der Waals surface area contributed by atoms with Crippen molar-refractivity contribution in [3.05, 3.63) is 53.1 Å². The Bertz CT molecular complexity index is 565. The van der Waals surface area contributed by atoms with Crippen molar-refractivity contribution < 1.29 is 9.49 Å². The fourth-order valence-corrected chi connectivity index (χ4v) is 1.90. The normalized spacial score (nSPS) is 10.4. The molecular formula is C13H17N4O2+. The van der Waals surface area contributed by atoms with Crippen molar-refractivity contribution in [2.24, 2.45) is 7.05 Å². The molecule has 0 saturated carbocycles. The molecule has 0 spiro atoms. The molecule has 0 saturated heterocycles. The zero-order chi connectivity index (χ0) is 13.7. The molecule has 0 fully saturated rings. The summed E-state index contributed by atoms with van der Waals surface area (Å²) in [5.41, 5.74) is 0.695. The van der Waals surface area contributed by atoms with Gasteiger partial charge in [0.1, 0.15) is 18.1 Å². The number of para-hydroxylation sites is 2. The predicted octanol–water partition coefficient (Wildman–Crippen LogP) is 1.72. The van der Waals surface area contributed by atoms with Gasteiger partial charge in [-0.25, -0.2) is 9.13 Å². The molecule has 6 nitrogen and oxygen atoms in total. The molecule has 2 rings (SSSR count). The molecule has 19 heavy (non-hydrogen) atoms. The third-order valence-corrected chi connectivity index (χ3v) is 2.83. The van der Waals surface area contributed by atoms with Gasteiger partial charge in [0, 0.05) is 19.0 Å². The van der Waals surface area contributed by atoms with Crippen LogP contribution in [0.15, 0.2) is 43.0 Å². The van der Waals surface area contributed by atoms with Gasteiger partial charge >= 0.3 is 0 Å². The molecule has 100 valence electrons. The Labute approximate surface area is 111 Å². The van der Waals surface area contributed by atoms with Crippen LogP contribution in [-0.4, -0.2) is 16.0 Å². The molecule has 1 aromatic carbocycles. The fourth-order valence-electron chi connectivity index (χ4n) is 1.90. The Hall–Kier alpha value is -2.37. The van der Waals surface area contributed by atoms with E-state index in [1.54, 1.807) is 18.2 Å². The van der Waals surface area contributed by atoms with E-state index in [-0.39, 0.29) is 10.6 Å². The van der Waals surface area contributed by atoms with E-state index in [0.717, 1.165) is 13.0 Å². The van der Waals surface area contributed by atoms with Crippen LogP contribution in [0.4, 0.5) is 11.4 Å². The Balaban J connectivity index is 1.84. The minimum atomic E-state index is -0.367. The molecule has 0 amide bonds. The van der Waals surface area contributed by atoms with Crippen LogP contribution in [0.1, 0.15) is 6.42 Å². The van der Waals surface area contributed by atoms with Gasteiger partial charge in [0.05, 0.1) is 18.5 Å². The molecule has 0 atom stereocenters. The number of hydrogen-bond donors (Lipinski definition) is 1. The molecule has 6 heteroatoms. The van der Waals surface area contributed by atoms with E-state index in [2.05, 4.69) is 9.88 Å². The average Bonchev–Trinajstić information content (AvgIpc) is 2.81. The number of anilines is 1. The van der Waals surface area contributed by atoms with Crippen molar-refractivity contribution in [3.8, 4) is 0 Å². The van der Waals surface area contributed by atoms with Crippen molar-refractivity contribution in [1.82, 2.24) is 4.57 Å². The van der Waals surface area contributed by atoms with Crippen LogP contribution >= 0.6 is 0 Å². The SMILES string of the molecule is C[n+]1ccn(CCCNc2ccccc2[N+](=O)[O-])c1. The Morgan fingerprint density at radius 1 is 1.42 bits per heavy atom. The van der Waals surface area contributed by atoms with E-state index in [9.17, 15) is 10.1 Å². The molecule has 0 bridgehead atoms.